The number of sulfonamides is 1. The lowest BCUT2D eigenvalue weighted by molar-refractivity contribution is 0.171. The molecule has 2 aliphatic rings. The molecule has 0 spiro atoms. The molecule has 0 radical (unpaired) electrons. The quantitative estimate of drug-likeness (QED) is 0.870. The van der Waals surface area contributed by atoms with Gasteiger partial charge in [0.2, 0.25) is 10.0 Å². The maximum Gasteiger partial charge on any atom is 0.241 e. The van der Waals surface area contributed by atoms with Crippen LogP contribution in [0.25, 0.3) is 0 Å². The van der Waals surface area contributed by atoms with Crippen molar-refractivity contribution in [3.8, 4) is 17.2 Å². The first kappa shape index (κ1) is 18.1. The van der Waals surface area contributed by atoms with Crippen LogP contribution >= 0.6 is 0 Å². The Morgan fingerprint density at radius 1 is 1.11 bits per heavy atom. The second-order valence-corrected chi connectivity index (χ2v) is 8.57. The standard InChI is InChI=1S/C20H23NO5S/c1-13-10-15(24-2)6-7-20(13)27(22,23)21-17-5-3-4-14-11-18-19(12-16(14)17)26-9-8-25-18/h6-7,10-12,17,21H,3-5,8-9H2,1-2H3. The number of fused-ring (bicyclic) bond motifs is 2. The molecule has 144 valence electrons. The number of ether oxygens (including phenoxy) is 3. The SMILES string of the molecule is COc1ccc(S(=O)(=O)NC2CCCc3cc4c(cc32)OCCO4)c(C)c1. The van der Waals surface area contributed by atoms with E-state index >= 15 is 0 Å². The number of nitrogens with one attached hydrogen (secondary N) is 1. The second kappa shape index (κ2) is 7.05. The molecule has 7 heteroatoms. The van der Waals surface area contributed by atoms with Crippen molar-refractivity contribution in [3.63, 3.8) is 0 Å². The van der Waals surface area contributed by atoms with Gasteiger partial charge in [0.15, 0.2) is 11.5 Å². The summed E-state index contributed by atoms with van der Waals surface area (Å²) in [6, 6.07) is 8.61. The first-order valence-electron chi connectivity index (χ1n) is 9.07. The number of hydrogen-bond acceptors (Lipinski definition) is 5. The third-order valence-electron chi connectivity index (χ3n) is 5.09. The zero-order valence-electron chi connectivity index (χ0n) is 15.4. The summed E-state index contributed by atoms with van der Waals surface area (Å²) in [7, 11) is -2.10. The number of rotatable bonds is 4. The Bertz CT molecular complexity index is 971. The maximum absolute atomic E-state index is 13.0. The lowest BCUT2D eigenvalue weighted by atomic mass is 9.88. The predicted octanol–water partition coefficient (Wildman–Crippen LogP) is 3.13. The summed E-state index contributed by atoms with van der Waals surface area (Å²) in [6.07, 6.45) is 2.58. The minimum atomic E-state index is -3.66. The fourth-order valence-corrected chi connectivity index (χ4v) is 5.24. The van der Waals surface area contributed by atoms with Crippen LogP contribution in [-0.4, -0.2) is 28.7 Å². The molecule has 1 unspecified atom stereocenters. The van der Waals surface area contributed by atoms with E-state index in [1.165, 1.54) is 0 Å². The first-order chi connectivity index (χ1) is 13.0. The molecule has 0 bridgehead atoms. The molecule has 1 N–H and O–H groups in total. The lowest BCUT2D eigenvalue weighted by Crippen LogP contribution is -2.31. The molecule has 0 fully saturated rings. The van der Waals surface area contributed by atoms with E-state index in [0.717, 1.165) is 36.1 Å². The molecule has 0 saturated heterocycles. The van der Waals surface area contributed by atoms with E-state index in [1.54, 1.807) is 32.2 Å². The van der Waals surface area contributed by atoms with E-state index in [2.05, 4.69) is 4.72 Å². The van der Waals surface area contributed by atoms with Crippen molar-refractivity contribution in [1.29, 1.82) is 0 Å². The molecule has 27 heavy (non-hydrogen) atoms. The summed E-state index contributed by atoms with van der Waals surface area (Å²) in [6.45, 7) is 2.82. The van der Waals surface area contributed by atoms with E-state index in [1.807, 2.05) is 12.1 Å². The highest BCUT2D eigenvalue weighted by Gasteiger charge is 2.29. The minimum Gasteiger partial charge on any atom is -0.497 e. The zero-order valence-corrected chi connectivity index (χ0v) is 16.3. The van der Waals surface area contributed by atoms with Gasteiger partial charge in [0.25, 0.3) is 0 Å². The average molecular weight is 389 g/mol. The van der Waals surface area contributed by atoms with Gasteiger partial charge in [0.05, 0.1) is 12.0 Å². The molecule has 1 aliphatic carbocycles. The van der Waals surface area contributed by atoms with Gasteiger partial charge >= 0.3 is 0 Å². The summed E-state index contributed by atoms with van der Waals surface area (Å²) >= 11 is 0. The van der Waals surface area contributed by atoms with Gasteiger partial charge in [0, 0.05) is 6.04 Å². The summed E-state index contributed by atoms with van der Waals surface area (Å²) in [5.74, 6) is 2.07. The second-order valence-electron chi connectivity index (χ2n) is 6.89. The Morgan fingerprint density at radius 3 is 2.56 bits per heavy atom. The highest BCUT2D eigenvalue weighted by Crippen LogP contribution is 2.40. The third kappa shape index (κ3) is 3.49. The highest BCUT2D eigenvalue weighted by molar-refractivity contribution is 7.89. The molecule has 6 nitrogen and oxygen atoms in total. The Morgan fingerprint density at radius 2 is 1.85 bits per heavy atom. The van der Waals surface area contributed by atoms with E-state index in [-0.39, 0.29) is 10.9 Å². The van der Waals surface area contributed by atoms with Gasteiger partial charge < -0.3 is 14.2 Å². The molecular formula is C20H23NO5S. The topological polar surface area (TPSA) is 73.9 Å². The van der Waals surface area contributed by atoms with E-state index < -0.39 is 10.0 Å². The van der Waals surface area contributed by atoms with Gasteiger partial charge in [-0.15, -0.1) is 0 Å². The number of hydrogen-bond donors (Lipinski definition) is 1. The van der Waals surface area contributed by atoms with Gasteiger partial charge in [-0.1, -0.05) is 0 Å². The van der Waals surface area contributed by atoms with Crippen LogP contribution in [0, 0.1) is 6.92 Å². The smallest absolute Gasteiger partial charge is 0.241 e. The largest absolute Gasteiger partial charge is 0.497 e. The Hall–Kier alpha value is -2.25. The summed E-state index contributed by atoms with van der Waals surface area (Å²) in [5, 5.41) is 0. The Kier molecular flexibility index (Phi) is 4.74. The number of aryl methyl sites for hydroxylation is 2. The maximum atomic E-state index is 13.0. The fraction of sp³-hybridized carbons (Fsp3) is 0.400. The predicted molar refractivity (Wildman–Crippen MR) is 101 cm³/mol. The van der Waals surface area contributed by atoms with Crippen molar-refractivity contribution in [2.45, 2.75) is 37.1 Å². The van der Waals surface area contributed by atoms with Crippen LogP contribution in [0.15, 0.2) is 35.2 Å². The molecule has 1 heterocycles. The number of benzene rings is 2. The molecule has 0 aromatic heterocycles. The van der Waals surface area contributed by atoms with E-state index in [4.69, 9.17) is 14.2 Å². The molecule has 0 saturated carbocycles. The summed E-state index contributed by atoms with van der Waals surface area (Å²) < 4.78 is 45.4. The molecular weight excluding hydrogens is 366 g/mol. The minimum absolute atomic E-state index is 0.271. The normalized spacial score (nSPS) is 18.7. The summed E-state index contributed by atoms with van der Waals surface area (Å²) in [4.78, 5) is 0.271. The van der Waals surface area contributed by atoms with Crippen molar-refractivity contribution in [1.82, 2.24) is 4.72 Å². The molecule has 1 aliphatic heterocycles. The van der Waals surface area contributed by atoms with Crippen molar-refractivity contribution in [3.05, 3.63) is 47.0 Å². The molecule has 4 rings (SSSR count). The lowest BCUT2D eigenvalue weighted by Gasteiger charge is -2.29. The van der Waals surface area contributed by atoms with Crippen LogP contribution in [0.3, 0.4) is 0 Å². The van der Waals surface area contributed by atoms with Crippen molar-refractivity contribution < 1.29 is 22.6 Å². The van der Waals surface area contributed by atoms with Crippen LogP contribution in [0.4, 0.5) is 0 Å². The Balaban J connectivity index is 1.66. The van der Waals surface area contributed by atoms with Crippen LogP contribution in [0.1, 0.15) is 35.6 Å². The number of methoxy groups -OCH3 is 1. The Labute approximate surface area is 159 Å². The molecule has 0 amide bonds. The van der Waals surface area contributed by atoms with Gasteiger partial charge in [-0.3, -0.25) is 0 Å². The molecule has 2 aromatic rings. The average Bonchev–Trinajstić information content (AvgIpc) is 2.66. The van der Waals surface area contributed by atoms with Crippen LogP contribution in [0.2, 0.25) is 0 Å². The van der Waals surface area contributed by atoms with Gasteiger partial charge in [0.1, 0.15) is 19.0 Å². The van der Waals surface area contributed by atoms with Crippen LogP contribution in [0.5, 0.6) is 17.2 Å². The van der Waals surface area contributed by atoms with Crippen LogP contribution < -0.4 is 18.9 Å². The highest BCUT2D eigenvalue weighted by atomic mass is 32.2. The summed E-state index contributed by atoms with van der Waals surface area (Å²) in [5.41, 5.74) is 2.74. The monoisotopic (exact) mass is 389 g/mol. The van der Waals surface area contributed by atoms with Gasteiger partial charge in [-0.25, -0.2) is 13.1 Å². The molecule has 1 atom stereocenters. The molecule has 2 aromatic carbocycles. The van der Waals surface area contributed by atoms with Gasteiger partial charge in [-0.05, 0) is 73.2 Å². The van der Waals surface area contributed by atoms with Crippen molar-refractivity contribution in [2.24, 2.45) is 0 Å². The van der Waals surface area contributed by atoms with Crippen molar-refractivity contribution >= 4 is 10.0 Å². The van der Waals surface area contributed by atoms with E-state index in [9.17, 15) is 8.42 Å². The zero-order chi connectivity index (χ0) is 19.0. The van der Waals surface area contributed by atoms with Gasteiger partial charge in [-0.2, -0.15) is 0 Å². The van der Waals surface area contributed by atoms with E-state index in [0.29, 0.717) is 30.3 Å². The van der Waals surface area contributed by atoms with Crippen molar-refractivity contribution in [2.75, 3.05) is 20.3 Å². The van der Waals surface area contributed by atoms with Crippen LogP contribution in [-0.2, 0) is 16.4 Å². The fourth-order valence-electron chi connectivity index (χ4n) is 3.76. The first-order valence-corrected chi connectivity index (χ1v) is 10.6. The third-order valence-corrected chi connectivity index (χ3v) is 6.72.